The third-order valence-electron chi connectivity index (χ3n) is 11.3. The molecule has 0 aliphatic carbocycles. The van der Waals surface area contributed by atoms with Crippen LogP contribution < -0.4 is 15.1 Å². The minimum Gasteiger partial charge on any atom is -0.455 e. The van der Waals surface area contributed by atoms with Crippen LogP contribution in [-0.4, -0.2) is 90.3 Å². The summed E-state index contributed by atoms with van der Waals surface area (Å²) >= 11 is 3.64. The molecule has 0 radical (unpaired) electrons. The summed E-state index contributed by atoms with van der Waals surface area (Å²) in [6, 6.07) is 24.3. The number of ether oxygens (including phenoxy) is 2. The molecule has 5 bridgehead atoms. The Labute approximate surface area is 330 Å². The molecule has 4 heterocycles. The van der Waals surface area contributed by atoms with Gasteiger partial charge in [0.1, 0.15) is 29.8 Å². The highest BCUT2D eigenvalue weighted by atomic mass is 79.9. The number of likely N-dealkylation sites (tertiary alicyclic amines) is 1. The van der Waals surface area contributed by atoms with E-state index in [1.54, 1.807) is 11.0 Å². The number of aliphatic hydroxyl groups is 1. The van der Waals surface area contributed by atoms with E-state index in [1.165, 1.54) is 4.90 Å². The Hall–Kier alpha value is -4.78. The molecule has 4 aliphatic rings. The van der Waals surface area contributed by atoms with Crippen LogP contribution in [0.1, 0.15) is 43.9 Å². The molecule has 55 heavy (non-hydrogen) atoms. The van der Waals surface area contributed by atoms with E-state index >= 15 is 9.59 Å². The van der Waals surface area contributed by atoms with Crippen LogP contribution in [0.4, 0.5) is 11.4 Å². The average molecular weight is 812 g/mol. The number of nitrogens with one attached hydrogen (secondary N) is 1. The second-order valence-corrected chi connectivity index (χ2v) is 15.3. The Morgan fingerprint density at radius 1 is 0.927 bits per heavy atom. The number of hydrogen-bond donors (Lipinski definition) is 2. The highest BCUT2D eigenvalue weighted by Gasteiger charge is 2.75. The number of cyclic esters (lactones) is 1. The van der Waals surface area contributed by atoms with Crippen molar-refractivity contribution in [3.05, 3.63) is 119 Å². The van der Waals surface area contributed by atoms with Gasteiger partial charge in [-0.3, -0.25) is 19.2 Å². The van der Waals surface area contributed by atoms with Crippen molar-refractivity contribution in [3.8, 4) is 0 Å². The number of carbonyl (C=O) groups excluding carboxylic acids is 4. The number of amides is 3. The number of nitrogens with zero attached hydrogens (tertiary/aromatic N) is 3. The number of anilines is 2. The maximum absolute atomic E-state index is 15.5. The lowest BCUT2D eigenvalue weighted by atomic mass is 9.74. The molecule has 12 heteroatoms. The minimum atomic E-state index is -1.54. The van der Waals surface area contributed by atoms with Gasteiger partial charge >= 0.3 is 5.97 Å². The summed E-state index contributed by atoms with van der Waals surface area (Å²) in [7, 11) is 0. The SMILES string of the molecule is CCN(CC)c1ccc(N2C/C=C\CCC(=O)NC[C@@H](c3ccccc3)OC(=O)[C@@H]3[C@H]4O[C@@]5(C=C4Br)[C@H](C2=O)N([C@@H](CO)Cc2ccccc2)C(=O)[C@@H]35)cc1. The summed E-state index contributed by atoms with van der Waals surface area (Å²) in [5.41, 5.74) is 1.63. The molecule has 0 unspecified atom stereocenters. The number of carbonyl (C=O) groups is 4. The third kappa shape index (κ3) is 7.35. The molecule has 3 amide bonds. The molecule has 2 saturated heterocycles. The molecule has 0 aromatic heterocycles. The van der Waals surface area contributed by atoms with Gasteiger partial charge in [0, 0.05) is 41.9 Å². The van der Waals surface area contributed by atoms with Crippen LogP contribution in [0.25, 0.3) is 0 Å². The van der Waals surface area contributed by atoms with Crippen LogP contribution in [-0.2, 0) is 35.1 Å². The van der Waals surface area contributed by atoms with E-state index < -0.39 is 66.1 Å². The van der Waals surface area contributed by atoms with Crippen molar-refractivity contribution in [3.63, 3.8) is 0 Å². The van der Waals surface area contributed by atoms with Gasteiger partial charge in [-0.15, -0.1) is 0 Å². The van der Waals surface area contributed by atoms with Crippen molar-refractivity contribution < 1.29 is 33.8 Å². The van der Waals surface area contributed by atoms with Crippen LogP contribution in [0, 0.1) is 11.8 Å². The van der Waals surface area contributed by atoms with Crippen molar-refractivity contribution in [2.24, 2.45) is 11.8 Å². The largest absolute Gasteiger partial charge is 0.455 e. The van der Waals surface area contributed by atoms with Crippen molar-refractivity contribution in [1.82, 2.24) is 10.2 Å². The lowest BCUT2D eigenvalue weighted by Gasteiger charge is -2.39. The maximum Gasteiger partial charge on any atom is 0.313 e. The Balaban J connectivity index is 1.35. The quantitative estimate of drug-likeness (QED) is 0.226. The predicted octanol–water partition coefficient (Wildman–Crippen LogP) is 5.09. The van der Waals surface area contributed by atoms with E-state index in [4.69, 9.17) is 9.47 Å². The van der Waals surface area contributed by atoms with Gasteiger partial charge in [0.15, 0.2) is 0 Å². The highest BCUT2D eigenvalue weighted by Crippen LogP contribution is 2.59. The zero-order valence-corrected chi connectivity index (χ0v) is 32.6. The van der Waals surface area contributed by atoms with Gasteiger partial charge in [-0.05, 0) is 68.2 Å². The topological polar surface area (TPSA) is 129 Å². The number of halogens is 1. The van der Waals surface area contributed by atoms with Crippen molar-refractivity contribution >= 4 is 51.0 Å². The van der Waals surface area contributed by atoms with Crippen molar-refractivity contribution in [1.29, 1.82) is 0 Å². The van der Waals surface area contributed by atoms with Gasteiger partial charge in [-0.1, -0.05) is 88.7 Å². The summed E-state index contributed by atoms with van der Waals surface area (Å²) in [5.74, 6) is -4.00. The average Bonchev–Trinajstić information content (AvgIpc) is 3.81. The smallest absolute Gasteiger partial charge is 0.313 e. The number of hydrogen-bond acceptors (Lipinski definition) is 8. The molecule has 0 saturated carbocycles. The zero-order chi connectivity index (χ0) is 38.7. The van der Waals surface area contributed by atoms with E-state index in [1.807, 2.05) is 97.1 Å². The molecule has 7 rings (SSSR count). The molecule has 2 N–H and O–H groups in total. The van der Waals surface area contributed by atoms with Crippen LogP contribution in [0.3, 0.4) is 0 Å². The van der Waals surface area contributed by atoms with Gasteiger partial charge in [-0.2, -0.15) is 0 Å². The Morgan fingerprint density at radius 2 is 1.62 bits per heavy atom. The van der Waals surface area contributed by atoms with Gasteiger partial charge < -0.3 is 34.6 Å². The maximum atomic E-state index is 15.5. The van der Waals surface area contributed by atoms with E-state index in [0.29, 0.717) is 22.2 Å². The van der Waals surface area contributed by atoms with Crippen molar-refractivity contribution in [2.45, 2.75) is 63.0 Å². The highest BCUT2D eigenvalue weighted by molar-refractivity contribution is 9.11. The number of fused-ring (bicyclic) bond motifs is 2. The van der Waals surface area contributed by atoms with Gasteiger partial charge in [-0.25, -0.2) is 0 Å². The van der Waals surface area contributed by atoms with Crippen LogP contribution in [0.5, 0.6) is 0 Å². The molecule has 4 aliphatic heterocycles. The Kier molecular flexibility index (Phi) is 11.6. The molecule has 2 fully saturated rings. The fourth-order valence-corrected chi connectivity index (χ4v) is 9.30. The molecule has 288 valence electrons. The van der Waals surface area contributed by atoms with Gasteiger partial charge in [0.2, 0.25) is 11.8 Å². The summed E-state index contributed by atoms with van der Waals surface area (Å²) < 4.78 is 13.5. The minimum absolute atomic E-state index is 0.0332. The van der Waals surface area contributed by atoms with Gasteiger partial charge in [0.25, 0.3) is 5.91 Å². The summed E-state index contributed by atoms with van der Waals surface area (Å²) in [6.45, 7) is 5.55. The first-order valence-electron chi connectivity index (χ1n) is 19.1. The molecule has 3 aromatic rings. The van der Waals surface area contributed by atoms with E-state index in [2.05, 4.69) is 40.0 Å². The lowest BCUT2D eigenvalue weighted by molar-refractivity contribution is -0.160. The molecule has 1 spiro atoms. The van der Waals surface area contributed by atoms with Crippen LogP contribution in [0.15, 0.2) is 108 Å². The van der Waals surface area contributed by atoms with Gasteiger partial charge in [0.05, 0.1) is 25.1 Å². The zero-order valence-electron chi connectivity index (χ0n) is 31.1. The van der Waals surface area contributed by atoms with Crippen LogP contribution >= 0.6 is 15.9 Å². The predicted molar refractivity (Wildman–Crippen MR) is 212 cm³/mol. The van der Waals surface area contributed by atoms with Crippen LogP contribution in [0.2, 0.25) is 0 Å². The number of rotatable bonds is 9. The second-order valence-electron chi connectivity index (χ2n) is 14.4. The Morgan fingerprint density at radius 3 is 2.29 bits per heavy atom. The molecule has 3 aromatic carbocycles. The fraction of sp³-hybridized carbons (Fsp3) is 0.395. The molecule has 11 nitrogen and oxygen atoms in total. The fourth-order valence-electron chi connectivity index (χ4n) is 8.56. The number of esters is 1. The summed E-state index contributed by atoms with van der Waals surface area (Å²) in [6.07, 6.45) is 4.64. The summed E-state index contributed by atoms with van der Waals surface area (Å²) in [5, 5.41) is 13.9. The number of benzene rings is 3. The lowest BCUT2D eigenvalue weighted by Crippen LogP contribution is -2.59. The van der Waals surface area contributed by atoms with E-state index in [0.717, 1.165) is 24.3 Å². The molecular weight excluding hydrogens is 764 g/mol. The van der Waals surface area contributed by atoms with E-state index in [9.17, 15) is 14.7 Å². The second kappa shape index (κ2) is 16.5. The number of allylic oxidation sites excluding steroid dienone is 1. The molecular formula is C43H47BrN4O7. The summed E-state index contributed by atoms with van der Waals surface area (Å²) in [4.78, 5) is 63.3. The first kappa shape index (κ1) is 38.5. The van der Waals surface area contributed by atoms with Crippen molar-refractivity contribution in [2.75, 3.05) is 42.6 Å². The first-order valence-corrected chi connectivity index (χ1v) is 19.9. The standard InChI is InChI=1S/C43H47BrN4O7/c1-3-46(4-2)30-19-21-31(22-20-30)47-23-13-7-12-18-35(50)45-26-34(29-16-10-6-11-17-29)54-42(53)36-37-40(51)48(32(27-49)24-28-14-8-5-9-15-28)39(41(47)52)43(37)25-33(44)38(36)55-43/h5-11,13-17,19-22,25,32,34,36-39,49H,3-4,12,18,23-24,26-27H2,1-2H3,(H,45,50)/b13-7-/t32-,34+,36+,37-,38+,39+,43-/m1/s1. The monoisotopic (exact) mass is 810 g/mol. The first-order chi connectivity index (χ1) is 26.7. The third-order valence-corrected chi connectivity index (χ3v) is 11.9. The van der Waals surface area contributed by atoms with E-state index in [-0.39, 0.29) is 31.8 Å². The number of aliphatic hydroxyl groups excluding tert-OH is 1. The Bertz CT molecular complexity index is 1940. The normalized spacial score (nSPS) is 28.0. The molecule has 7 atom stereocenters.